The molecule has 7 heteroatoms. The fourth-order valence-corrected chi connectivity index (χ4v) is 2.72. The van der Waals surface area contributed by atoms with Crippen LogP contribution in [-0.4, -0.2) is 19.8 Å². The lowest BCUT2D eigenvalue weighted by molar-refractivity contribution is -0.112. The summed E-state index contributed by atoms with van der Waals surface area (Å²) in [6.07, 6.45) is 1.48. The molecule has 2 aromatic carbocycles. The minimum atomic E-state index is -0.531. The molecule has 1 N–H and O–H groups in total. The summed E-state index contributed by atoms with van der Waals surface area (Å²) < 4.78 is 16.5. The summed E-state index contributed by atoms with van der Waals surface area (Å²) in [5.41, 5.74) is 1.07. The number of anilines is 1. The largest absolute Gasteiger partial charge is 0.495 e. The van der Waals surface area contributed by atoms with E-state index in [1.165, 1.54) is 13.2 Å². The number of rotatable bonds is 4. The minimum absolute atomic E-state index is 0.0505. The van der Waals surface area contributed by atoms with Gasteiger partial charge in [-0.25, -0.2) is 0 Å². The second-order valence-electron chi connectivity index (χ2n) is 5.05. The quantitative estimate of drug-likeness (QED) is 0.624. The molecule has 0 saturated carbocycles. The zero-order valence-corrected chi connectivity index (χ0v) is 14.8. The van der Waals surface area contributed by atoms with Crippen LogP contribution in [0.5, 0.6) is 17.2 Å². The monoisotopic (exact) mass is 400 g/mol. The van der Waals surface area contributed by atoms with E-state index in [1.807, 2.05) is 6.07 Å². The predicted octanol–water partition coefficient (Wildman–Crippen LogP) is 3.73. The first-order chi connectivity index (χ1) is 12.1. The maximum Gasteiger partial charge on any atom is 0.266 e. The van der Waals surface area contributed by atoms with Crippen molar-refractivity contribution in [2.24, 2.45) is 0 Å². The third-order valence-electron chi connectivity index (χ3n) is 3.51. The van der Waals surface area contributed by atoms with Gasteiger partial charge in [-0.15, -0.1) is 0 Å². The highest BCUT2D eigenvalue weighted by Crippen LogP contribution is 2.37. The molecule has 0 fully saturated rings. The smallest absolute Gasteiger partial charge is 0.266 e. The highest BCUT2D eigenvalue weighted by atomic mass is 79.9. The molecule has 1 amide bonds. The van der Waals surface area contributed by atoms with E-state index in [1.54, 1.807) is 36.4 Å². The third kappa shape index (κ3) is 3.59. The second-order valence-corrected chi connectivity index (χ2v) is 5.91. The average molecular weight is 401 g/mol. The number of methoxy groups -OCH3 is 1. The van der Waals surface area contributed by atoms with Gasteiger partial charge in [0.15, 0.2) is 11.5 Å². The molecule has 0 atom stereocenters. The summed E-state index contributed by atoms with van der Waals surface area (Å²) in [5.74, 6) is 1.16. The zero-order chi connectivity index (χ0) is 17.8. The van der Waals surface area contributed by atoms with Gasteiger partial charge in [0.1, 0.15) is 17.4 Å². The minimum Gasteiger partial charge on any atom is -0.495 e. The van der Waals surface area contributed by atoms with E-state index in [0.29, 0.717) is 33.0 Å². The van der Waals surface area contributed by atoms with Crippen LogP contribution in [0.4, 0.5) is 5.69 Å². The highest BCUT2D eigenvalue weighted by Gasteiger charge is 2.17. The van der Waals surface area contributed by atoms with E-state index in [-0.39, 0.29) is 12.4 Å². The van der Waals surface area contributed by atoms with Gasteiger partial charge in [-0.2, -0.15) is 5.26 Å². The Morgan fingerprint density at radius 3 is 2.76 bits per heavy atom. The summed E-state index contributed by atoms with van der Waals surface area (Å²) in [7, 11) is 1.51. The van der Waals surface area contributed by atoms with E-state index in [4.69, 9.17) is 14.2 Å². The van der Waals surface area contributed by atoms with Crippen molar-refractivity contribution in [1.29, 1.82) is 5.26 Å². The van der Waals surface area contributed by atoms with Gasteiger partial charge < -0.3 is 19.5 Å². The molecule has 25 heavy (non-hydrogen) atoms. The SMILES string of the molecule is COc1ccccc1NC(=O)/C(C#N)=C/c1cc2c(cc1Br)OCO2. The lowest BCUT2D eigenvalue weighted by Crippen LogP contribution is -2.14. The molecule has 0 unspecified atom stereocenters. The lowest BCUT2D eigenvalue weighted by Gasteiger charge is -2.09. The molecule has 3 rings (SSSR count). The Hall–Kier alpha value is -2.98. The molecule has 0 saturated heterocycles. The van der Waals surface area contributed by atoms with Crippen molar-refractivity contribution in [1.82, 2.24) is 0 Å². The molecule has 1 aliphatic heterocycles. The number of halogens is 1. The number of nitrogens with zero attached hydrogens (tertiary/aromatic N) is 1. The maximum absolute atomic E-state index is 12.4. The average Bonchev–Trinajstić information content (AvgIpc) is 3.06. The Balaban J connectivity index is 1.88. The Labute approximate surface area is 152 Å². The number of amides is 1. The van der Waals surface area contributed by atoms with Crippen molar-refractivity contribution in [3.63, 3.8) is 0 Å². The van der Waals surface area contributed by atoms with Crippen LogP contribution in [0.15, 0.2) is 46.4 Å². The number of carbonyl (C=O) groups excluding carboxylic acids is 1. The first-order valence-electron chi connectivity index (χ1n) is 7.27. The fraction of sp³-hybridized carbons (Fsp3) is 0.111. The summed E-state index contributed by atoms with van der Waals surface area (Å²) in [4.78, 5) is 12.4. The van der Waals surface area contributed by atoms with Crippen LogP contribution in [0.25, 0.3) is 6.08 Å². The van der Waals surface area contributed by atoms with Crippen LogP contribution in [-0.2, 0) is 4.79 Å². The van der Waals surface area contributed by atoms with Gasteiger partial charge in [-0.3, -0.25) is 4.79 Å². The van der Waals surface area contributed by atoms with E-state index in [2.05, 4.69) is 21.2 Å². The summed E-state index contributed by atoms with van der Waals surface area (Å²) in [6.45, 7) is 0.147. The molecule has 126 valence electrons. The van der Waals surface area contributed by atoms with Crippen LogP contribution >= 0.6 is 15.9 Å². The number of nitriles is 1. The van der Waals surface area contributed by atoms with E-state index >= 15 is 0 Å². The van der Waals surface area contributed by atoms with E-state index < -0.39 is 5.91 Å². The zero-order valence-electron chi connectivity index (χ0n) is 13.2. The van der Waals surface area contributed by atoms with Crippen molar-refractivity contribution in [2.45, 2.75) is 0 Å². The Morgan fingerprint density at radius 2 is 2.04 bits per heavy atom. The number of benzene rings is 2. The topological polar surface area (TPSA) is 80.6 Å². The lowest BCUT2D eigenvalue weighted by atomic mass is 10.1. The van der Waals surface area contributed by atoms with Crippen molar-refractivity contribution in [3.05, 3.63) is 52.0 Å². The van der Waals surface area contributed by atoms with Crippen molar-refractivity contribution >= 4 is 33.6 Å². The molecule has 1 heterocycles. The van der Waals surface area contributed by atoms with Gasteiger partial charge >= 0.3 is 0 Å². The number of hydrogen-bond acceptors (Lipinski definition) is 5. The second kappa shape index (κ2) is 7.28. The Kier molecular flexibility index (Phi) is 4.91. The fourth-order valence-electron chi connectivity index (χ4n) is 2.29. The van der Waals surface area contributed by atoms with Gasteiger partial charge in [-0.1, -0.05) is 28.1 Å². The molecule has 6 nitrogen and oxygen atoms in total. The first-order valence-corrected chi connectivity index (χ1v) is 8.07. The van der Waals surface area contributed by atoms with Crippen molar-refractivity contribution in [3.8, 4) is 23.3 Å². The van der Waals surface area contributed by atoms with Crippen LogP contribution in [0.1, 0.15) is 5.56 Å². The Bertz CT molecular complexity index is 902. The molecular weight excluding hydrogens is 388 g/mol. The first kappa shape index (κ1) is 16.9. The number of carbonyl (C=O) groups is 1. The van der Waals surface area contributed by atoms with Crippen LogP contribution in [0, 0.1) is 11.3 Å². The molecule has 1 aliphatic rings. The van der Waals surface area contributed by atoms with Crippen molar-refractivity contribution in [2.75, 3.05) is 19.2 Å². The molecule has 0 radical (unpaired) electrons. The molecule has 2 aromatic rings. The molecule has 0 bridgehead atoms. The summed E-state index contributed by atoms with van der Waals surface area (Å²) in [6, 6.07) is 12.3. The molecular formula is C18H13BrN2O4. The van der Waals surface area contributed by atoms with Gasteiger partial charge in [0.25, 0.3) is 5.91 Å². The maximum atomic E-state index is 12.4. The number of para-hydroxylation sites is 2. The van der Waals surface area contributed by atoms with Gasteiger partial charge in [0.05, 0.1) is 12.8 Å². The van der Waals surface area contributed by atoms with Crippen LogP contribution < -0.4 is 19.5 Å². The van der Waals surface area contributed by atoms with Gasteiger partial charge in [0.2, 0.25) is 6.79 Å². The van der Waals surface area contributed by atoms with E-state index in [0.717, 1.165) is 0 Å². The number of hydrogen-bond donors (Lipinski definition) is 1. The van der Waals surface area contributed by atoms with Crippen molar-refractivity contribution < 1.29 is 19.0 Å². The number of ether oxygens (including phenoxy) is 3. The standard InChI is InChI=1S/C18H13BrN2O4/c1-23-15-5-3-2-4-14(15)21-18(22)12(9-20)6-11-7-16-17(8-13(11)19)25-10-24-16/h2-8H,10H2,1H3,(H,21,22)/b12-6+. The van der Waals surface area contributed by atoms with Gasteiger partial charge in [0, 0.05) is 4.47 Å². The predicted molar refractivity (Wildman–Crippen MR) is 95.5 cm³/mol. The molecule has 0 aliphatic carbocycles. The van der Waals surface area contributed by atoms with E-state index in [9.17, 15) is 10.1 Å². The van der Waals surface area contributed by atoms with Gasteiger partial charge in [-0.05, 0) is 35.9 Å². The van der Waals surface area contributed by atoms with Crippen LogP contribution in [0.3, 0.4) is 0 Å². The molecule has 0 aromatic heterocycles. The number of fused-ring (bicyclic) bond motifs is 1. The van der Waals surface area contributed by atoms with Crippen LogP contribution in [0.2, 0.25) is 0 Å². The Morgan fingerprint density at radius 1 is 1.32 bits per heavy atom. The molecule has 0 spiro atoms. The summed E-state index contributed by atoms with van der Waals surface area (Å²) >= 11 is 3.41. The normalized spacial score (nSPS) is 12.4. The number of nitrogens with one attached hydrogen (secondary N) is 1. The third-order valence-corrected chi connectivity index (χ3v) is 4.20. The highest BCUT2D eigenvalue weighted by molar-refractivity contribution is 9.10. The summed E-state index contributed by atoms with van der Waals surface area (Å²) in [5, 5.41) is 12.0.